The molecular weight excluding hydrogens is 354 g/mol. The van der Waals surface area contributed by atoms with Gasteiger partial charge in [-0.05, 0) is 23.6 Å². The molecule has 0 radical (unpaired) electrons. The fraction of sp³-hybridized carbons (Fsp3) is 0.409. The van der Waals surface area contributed by atoms with E-state index in [1.54, 1.807) is 12.4 Å². The third kappa shape index (κ3) is 2.71. The number of hydrogen-bond donors (Lipinski definition) is 0. The van der Waals surface area contributed by atoms with Gasteiger partial charge in [-0.2, -0.15) is 0 Å². The summed E-state index contributed by atoms with van der Waals surface area (Å²) < 4.78 is 6.50. The molecule has 3 aliphatic heterocycles. The van der Waals surface area contributed by atoms with Gasteiger partial charge >= 0.3 is 0 Å². The second-order valence-corrected chi connectivity index (χ2v) is 7.78. The number of carbonyl (C=O) groups excluding carboxylic acids is 2. The minimum Gasteiger partial charge on any atom is -0.343 e. The molecule has 3 fully saturated rings. The van der Waals surface area contributed by atoms with Crippen LogP contribution < -0.4 is 0 Å². The van der Waals surface area contributed by atoms with Gasteiger partial charge in [0.2, 0.25) is 11.8 Å². The molecule has 144 valence electrons. The lowest BCUT2D eigenvalue weighted by Gasteiger charge is -2.32. The highest BCUT2D eigenvalue weighted by molar-refractivity contribution is 5.85. The Labute approximate surface area is 164 Å². The van der Waals surface area contributed by atoms with E-state index in [0.29, 0.717) is 38.8 Å². The molecule has 4 heterocycles. The van der Waals surface area contributed by atoms with E-state index in [1.165, 1.54) is 0 Å². The molecule has 3 saturated heterocycles. The Morgan fingerprint density at radius 1 is 1.21 bits per heavy atom. The van der Waals surface area contributed by atoms with Crippen LogP contribution in [0.4, 0.5) is 0 Å². The average molecular weight is 377 g/mol. The molecule has 2 amide bonds. The summed E-state index contributed by atoms with van der Waals surface area (Å²) in [7, 11) is 0. The number of aromatic nitrogens is 1. The smallest absolute Gasteiger partial charge is 0.227 e. The number of ether oxygens (including phenoxy) is 1. The topological polar surface area (TPSA) is 62.7 Å². The first-order chi connectivity index (χ1) is 13.7. The molecule has 0 N–H and O–H groups in total. The van der Waals surface area contributed by atoms with Crippen molar-refractivity contribution < 1.29 is 14.3 Å². The van der Waals surface area contributed by atoms with Crippen molar-refractivity contribution in [2.24, 2.45) is 0 Å². The Bertz CT molecular complexity index is 888. The second kappa shape index (κ2) is 6.71. The summed E-state index contributed by atoms with van der Waals surface area (Å²) in [6, 6.07) is 13.7. The van der Waals surface area contributed by atoms with E-state index in [1.807, 2.05) is 52.3 Å². The van der Waals surface area contributed by atoms with Gasteiger partial charge in [0.05, 0.1) is 19.0 Å². The summed E-state index contributed by atoms with van der Waals surface area (Å²) >= 11 is 0. The second-order valence-electron chi connectivity index (χ2n) is 7.78. The highest BCUT2D eigenvalue weighted by Gasteiger charge is 2.64. The van der Waals surface area contributed by atoms with Crippen molar-refractivity contribution >= 4 is 11.8 Å². The molecular formula is C22H23N3O3. The normalized spacial score (nSPS) is 28.5. The van der Waals surface area contributed by atoms with Crippen LogP contribution in [0.25, 0.3) is 0 Å². The Morgan fingerprint density at radius 2 is 2.07 bits per heavy atom. The van der Waals surface area contributed by atoms with Gasteiger partial charge in [0, 0.05) is 31.8 Å². The van der Waals surface area contributed by atoms with Crippen molar-refractivity contribution in [3.05, 3.63) is 66.0 Å². The van der Waals surface area contributed by atoms with Crippen LogP contribution in [0.2, 0.25) is 0 Å². The maximum Gasteiger partial charge on any atom is 0.227 e. The van der Waals surface area contributed by atoms with Gasteiger partial charge in [-0.1, -0.05) is 36.4 Å². The van der Waals surface area contributed by atoms with Crippen LogP contribution >= 0.6 is 0 Å². The number of carbonyl (C=O) groups is 2. The first-order valence-electron chi connectivity index (χ1n) is 9.89. The summed E-state index contributed by atoms with van der Waals surface area (Å²) in [4.78, 5) is 33.5. The first-order valence-corrected chi connectivity index (χ1v) is 9.89. The highest BCUT2D eigenvalue weighted by atomic mass is 16.5. The van der Waals surface area contributed by atoms with Gasteiger partial charge in [-0.15, -0.1) is 0 Å². The van der Waals surface area contributed by atoms with E-state index in [0.717, 1.165) is 11.1 Å². The van der Waals surface area contributed by atoms with E-state index < -0.39 is 5.72 Å². The lowest BCUT2D eigenvalue weighted by molar-refractivity contribution is -0.142. The number of amides is 2. The summed E-state index contributed by atoms with van der Waals surface area (Å²) in [5.41, 5.74) is 1.48. The first kappa shape index (κ1) is 17.4. The minimum atomic E-state index is -0.651. The molecule has 0 saturated carbocycles. The molecule has 6 nitrogen and oxygen atoms in total. The molecule has 3 atom stereocenters. The van der Waals surface area contributed by atoms with Crippen molar-refractivity contribution in [2.45, 2.75) is 43.6 Å². The van der Waals surface area contributed by atoms with E-state index in [2.05, 4.69) is 4.98 Å². The summed E-state index contributed by atoms with van der Waals surface area (Å²) in [5, 5.41) is 0. The lowest BCUT2D eigenvalue weighted by atomic mass is 10.1. The summed E-state index contributed by atoms with van der Waals surface area (Å²) in [6.45, 7) is 1.21. The van der Waals surface area contributed by atoms with E-state index >= 15 is 0 Å². The number of nitrogens with zero attached hydrogens (tertiary/aromatic N) is 3. The van der Waals surface area contributed by atoms with Crippen LogP contribution in [-0.2, 0) is 20.7 Å². The molecule has 2 aromatic rings. The Kier molecular flexibility index (Phi) is 4.16. The molecule has 1 aromatic carbocycles. The molecule has 28 heavy (non-hydrogen) atoms. The van der Waals surface area contributed by atoms with Gasteiger partial charge in [-0.3, -0.25) is 14.6 Å². The number of likely N-dealkylation sites (tertiary alicyclic amines) is 1. The Morgan fingerprint density at radius 3 is 2.86 bits per heavy atom. The van der Waals surface area contributed by atoms with Crippen molar-refractivity contribution in [3.63, 3.8) is 0 Å². The predicted molar refractivity (Wildman–Crippen MR) is 102 cm³/mol. The minimum absolute atomic E-state index is 0.0899. The predicted octanol–water partition coefficient (Wildman–Crippen LogP) is 2.32. The highest BCUT2D eigenvalue weighted by Crippen LogP contribution is 2.50. The number of benzene rings is 1. The third-order valence-corrected chi connectivity index (χ3v) is 6.27. The standard InChI is InChI=1S/C22H23N3O3/c26-20(9-8-16-5-4-11-23-14-16)24-12-10-22-19(24)13-21(27)25(22)15-18(28-22)17-6-2-1-3-7-17/h1-7,11,14,18-19H,8-10,12-13,15H2/t18-,19+,22-/m0/s1. The zero-order chi connectivity index (χ0) is 19.1. The molecule has 1 spiro atoms. The number of hydrogen-bond acceptors (Lipinski definition) is 4. The number of rotatable bonds is 4. The molecule has 5 rings (SSSR count). The summed E-state index contributed by atoms with van der Waals surface area (Å²) in [5.74, 6) is 0.181. The fourth-order valence-electron chi connectivity index (χ4n) is 4.91. The van der Waals surface area contributed by atoms with Crippen LogP contribution in [0.1, 0.15) is 36.5 Å². The maximum absolute atomic E-state index is 12.9. The van der Waals surface area contributed by atoms with Crippen LogP contribution in [0.15, 0.2) is 54.9 Å². The third-order valence-electron chi connectivity index (χ3n) is 6.27. The molecule has 6 heteroatoms. The monoisotopic (exact) mass is 377 g/mol. The zero-order valence-electron chi connectivity index (χ0n) is 15.7. The Balaban J connectivity index is 1.32. The van der Waals surface area contributed by atoms with E-state index in [9.17, 15) is 9.59 Å². The number of pyridine rings is 1. The molecule has 1 aromatic heterocycles. The van der Waals surface area contributed by atoms with Gasteiger partial charge < -0.3 is 14.5 Å². The van der Waals surface area contributed by atoms with Crippen molar-refractivity contribution in [2.75, 3.05) is 13.1 Å². The fourth-order valence-corrected chi connectivity index (χ4v) is 4.91. The SMILES string of the molecule is O=C(CCc1cccnc1)N1CC[C@@]23O[C@H](c4ccccc4)CN2C(=O)C[C@@H]13. The van der Waals surface area contributed by atoms with E-state index in [4.69, 9.17) is 4.74 Å². The lowest BCUT2D eigenvalue weighted by Crippen LogP contribution is -2.48. The molecule has 0 unspecified atom stereocenters. The van der Waals surface area contributed by atoms with Crippen LogP contribution in [-0.4, -0.2) is 51.5 Å². The van der Waals surface area contributed by atoms with Crippen LogP contribution in [0, 0.1) is 0 Å². The number of aryl methyl sites for hydroxylation is 1. The molecule has 3 aliphatic rings. The zero-order valence-corrected chi connectivity index (χ0v) is 15.7. The van der Waals surface area contributed by atoms with E-state index in [-0.39, 0.29) is 24.0 Å². The van der Waals surface area contributed by atoms with Gasteiger partial charge in [0.25, 0.3) is 0 Å². The largest absolute Gasteiger partial charge is 0.343 e. The maximum atomic E-state index is 12.9. The summed E-state index contributed by atoms with van der Waals surface area (Å²) in [6.07, 6.45) is 5.53. The van der Waals surface area contributed by atoms with Crippen molar-refractivity contribution in [3.8, 4) is 0 Å². The van der Waals surface area contributed by atoms with Gasteiger partial charge in [0.15, 0.2) is 5.72 Å². The molecule has 0 aliphatic carbocycles. The Hall–Kier alpha value is -2.73. The van der Waals surface area contributed by atoms with Crippen LogP contribution in [0.3, 0.4) is 0 Å². The van der Waals surface area contributed by atoms with Crippen LogP contribution in [0.5, 0.6) is 0 Å². The van der Waals surface area contributed by atoms with Crippen molar-refractivity contribution in [1.29, 1.82) is 0 Å². The van der Waals surface area contributed by atoms with Gasteiger partial charge in [0.1, 0.15) is 6.10 Å². The van der Waals surface area contributed by atoms with Gasteiger partial charge in [-0.25, -0.2) is 0 Å². The van der Waals surface area contributed by atoms with Crippen molar-refractivity contribution in [1.82, 2.24) is 14.8 Å². The average Bonchev–Trinajstić information content (AvgIpc) is 3.36. The molecule has 0 bridgehead atoms. The quantitative estimate of drug-likeness (QED) is 0.820.